The SMILES string of the molecule is CC(C)c1nc2cc(S)ccc2s1. The highest BCUT2D eigenvalue weighted by Crippen LogP contribution is 2.28. The third-order valence-corrected chi connectivity index (χ3v) is 3.50. The molecule has 0 aliphatic carbocycles. The fourth-order valence-electron chi connectivity index (χ4n) is 1.18. The molecule has 0 saturated heterocycles. The lowest BCUT2D eigenvalue weighted by Gasteiger charge is -1.94. The van der Waals surface area contributed by atoms with Gasteiger partial charge in [-0.2, -0.15) is 0 Å². The maximum absolute atomic E-state index is 4.54. The summed E-state index contributed by atoms with van der Waals surface area (Å²) in [6, 6.07) is 6.11. The fourth-order valence-corrected chi connectivity index (χ4v) is 2.33. The van der Waals surface area contributed by atoms with Gasteiger partial charge >= 0.3 is 0 Å². The van der Waals surface area contributed by atoms with Gasteiger partial charge in [0.15, 0.2) is 0 Å². The largest absolute Gasteiger partial charge is 0.241 e. The third kappa shape index (κ3) is 1.71. The molecule has 0 radical (unpaired) electrons. The van der Waals surface area contributed by atoms with Crippen LogP contribution in [0.15, 0.2) is 23.1 Å². The zero-order valence-corrected chi connectivity index (χ0v) is 9.32. The molecule has 0 spiro atoms. The molecule has 1 heterocycles. The molecule has 3 heteroatoms. The molecule has 1 aromatic heterocycles. The summed E-state index contributed by atoms with van der Waals surface area (Å²) in [6.45, 7) is 4.33. The number of thiol groups is 1. The minimum atomic E-state index is 0.515. The van der Waals surface area contributed by atoms with Crippen molar-refractivity contribution in [3.63, 3.8) is 0 Å². The number of hydrogen-bond donors (Lipinski definition) is 1. The van der Waals surface area contributed by atoms with E-state index in [-0.39, 0.29) is 0 Å². The van der Waals surface area contributed by atoms with Crippen molar-refractivity contribution < 1.29 is 0 Å². The molecule has 0 bridgehead atoms. The molecule has 2 rings (SSSR count). The van der Waals surface area contributed by atoms with E-state index in [4.69, 9.17) is 0 Å². The van der Waals surface area contributed by atoms with E-state index in [0.29, 0.717) is 5.92 Å². The van der Waals surface area contributed by atoms with Crippen LogP contribution in [-0.4, -0.2) is 4.98 Å². The lowest BCUT2D eigenvalue weighted by Crippen LogP contribution is -1.82. The van der Waals surface area contributed by atoms with Gasteiger partial charge in [-0.25, -0.2) is 4.98 Å². The predicted molar refractivity (Wildman–Crippen MR) is 61.0 cm³/mol. The average molecular weight is 209 g/mol. The molecule has 0 aliphatic rings. The van der Waals surface area contributed by atoms with Gasteiger partial charge in [0.05, 0.1) is 15.2 Å². The number of rotatable bonds is 1. The van der Waals surface area contributed by atoms with Crippen LogP contribution < -0.4 is 0 Å². The van der Waals surface area contributed by atoms with Crippen LogP contribution in [0.2, 0.25) is 0 Å². The van der Waals surface area contributed by atoms with Crippen molar-refractivity contribution in [1.29, 1.82) is 0 Å². The van der Waals surface area contributed by atoms with E-state index in [1.54, 1.807) is 11.3 Å². The first-order valence-electron chi connectivity index (χ1n) is 4.26. The van der Waals surface area contributed by atoms with Crippen molar-refractivity contribution in [2.75, 3.05) is 0 Å². The number of aromatic nitrogens is 1. The molecular formula is C10H11NS2. The average Bonchev–Trinajstić information content (AvgIpc) is 2.46. The summed E-state index contributed by atoms with van der Waals surface area (Å²) in [5.41, 5.74) is 1.07. The van der Waals surface area contributed by atoms with Crippen LogP contribution in [0.25, 0.3) is 10.2 Å². The van der Waals surface area contributed by atoms with Crippen molar-refractivity contribution >= 4 is 34.2 Å². The second kappa shape index (κ2) is 3.31. The van der Waals surface area contributed by atoms with Crippen molar-refractivity contribution in [1.82, 2.24) is 4.98 Å². The van der Waals surface area contributed by atoms with Gasteiger partial charge in [0.1, 0.15) is 0 Å². The van der Waals surface area contributed by atoms with Gasteiger partial charge in [-0.05, 0) is 18.2 Å². The molecular weight excluding hydrogens is 198 g/mol. The monoisotopic (exact) mass is 209 g/mol. The van der Waals surface area contributed by atoms with Crippen LogP contribution >= 0.6 is 24.0 Å². The maximum atomic E-state index is 4.54. The van der Waals surface area contributed by atoms with Crippen LogP contribution in [0.1, 0.15) is 24.8 Å². The molecule has 1 aromatic carbocycles. The van der Waals surface area contributed by atoms with Crippen molar-refractivity contribution in [3.8, 4) is 0 Å². The van der Waals surface area contributed by atoms with E-state index in [2.05, 4.69) is 37.5 Å². The quantitative estimate of drug-likeness (QED) is 0.706. The summed E-state index contributed by atoms with van der Waals surface area (Å²) in [7, 11) is 0. The minimum Gasteiger partial charge on any atom is -0.241 e. The van der Waals surface area contributed by atoms with Crippen molar-refractivity contribution in [3.05, 3.63) is 23.2 Å². The van der Waals surface area contributed by atoms with E-state index in [0.717, 1.165) is 10.4 Å². The Balaban J connectivity index is 2.62. The molecule has 0 N–H and O–H groups in total. The molecule has 0 aliphatic heterocycles. The van der Waals surface area contributed by atoms with Gasteiger partial charge in [-0.3, -0.25) is 0 Å². The first kappa shape index (κ1) is 9.03. The maximum Gasteiger partial charge on any atom is 0.0963 e. The lowest BCUT2D eigenvalue weighted by molar-refractivity contribution is 0.856. The number of nitrogens with zero attached hydrogens (tertiary/aromatic N) is 1. The normalized spacial score (nSPS) is 11.4. The third-order valence-electron chi connectivity index (χ3n) is 1.88. The Bertz CT molecular complexity index is 431. The smallest absolute Gasteiger partial charge is 0.0963 e. The van der Waals surface area contributed by atoms with E-state index in [1.807, 2.05) is 12.1 Å². The molecule has 1 nitrogen and oxygen atoms in total. The van der Waals surface area contributed by atoms with Crippen LogP contribution in [0.3, 0.4) is 0 Å². The van der Waals surface area contributed by atoms with Gasteiger partial charge in [-0.15, -0.1) is 24.0 Å². The topological polar surface area (TPSA) is 12.9 Å². The molecule has 0 amide bonds. The molecule has 0 atom stereocenters. The standard InChI is InChI=1S/C10H11NS2/c1-6(2)10-11-8-5-7(12)3-4-9(8)13-10/h3-6,12H,1-2H3. The molecule has 0 saturated carbocycles. The fraction of sp³-hybridized carbons (Fsp3) is 0.300. The number of benzene rings is 1. The summed E-state index contributed by atoms with van der Waals surface area (Å²) in [5, 5.41) is 1.20. The highest BCUT2D eigenvalue weighted by Gasteiger charge is 2.06. The van der Waals surface area contributed by atoms with Crippen LogP contribution in [0.5, 0.6) is 0 Å². The van der Waals surface area contributed by atoms with Gasteiger partial charge < -0.3 is 0 Å². The van der Waals surface area contributed by atoms with Crippen molar-refractivity contribution in [2.24, 2.45) is 0 Å². The van der Waals surface area contributed by atoms with E-state index >= 15 is 0 Å². The van der Waals surface area contributed by atoms with Gasteiger partial charge in [-0.1, -0.05) is 13.8 Å². The van der Waals surface area contributed by atoms with E-state index in [9.17, 15) is 0 Å². The number of fused-ring (bicyclic) bond motifs is 1. The second-order valence-electron chi connectivity index (χ2n) is 3.36. The van der Waals surface area contributed by atoms with Gasteiger partial charge in [0, 0.05) is 10.8 Å². The summed E-state index contributed by atoms with van der Waals surface area (Å²) in [5.74, 6) is 0.515. The molecule has 0 unspecified atom stereocenters. The highest BCUT2D eigenvalue weighted by atomic mass is 32.1. The lowest BCUT2D eigenvalue weighted by atomic mass is 10.2. The Morgan fingerprint density at radius 1 is 1.38 bits per heavy atom. The summed E-state index contributed by atoms with van der Waals surface area (Å²) < 4.78 is 1.25. The predicted octanol–water partition coefficient (Wildman–Crippen LogP) is 3.71. The Morgan fingerprint density at radius 2 is 2.15 bits per heavy atom. The summed E-state index contributed by atoms with van der Waals surface area (Å²) in [4.78, 5) is 5.52. The zero-order valence-electron chi connectivity index (χ0n) is 7.61. The first-order valence-corrected chi connectivity index (χ1v) is 5.52. The van der Waals surface area contributed by atoms with Crippen molar-refractivity contribution in [2.45, 2.75) is 24.7 Å². The summed E-state index contributed by atoms with van der Waals surface area (Å²) >= 11 is 6.05. The second-order valence-corrected chi connectivity index (χ2v) is 4.94. The summed E-state index contributed by atoms with van der Waals surface area (Å²) in [6.07, 6.45) is 0. The number of thiazole rings is 1. The van der Waals surface area contributed by atoms with Crippen LogP contribution in [0, 0.1) is 0 Å². The van der Waals surface area contributed by atoms with E-state index in [1.165, 1.54) is 9.71 Å². The molecule has 13 heavy (non-hydrogen) atoms. The molecule has 2 aromatic rings. The van der Waals surface area contributed by atoms with Crippen LogP contribution in [-0.2, 0) is 0 Å². The molecule has 68 valence electrons. The first-order chi connectivity index (χ1) is 6.16. The van der Waals surface area contributed by atoms with E-state index < -0.39 is 0 Å². The Morgan fingerprint density at radius 3 is 2.85 bits per heavy atom. The Labute approximate surface area is 87.2 Å². The minimum absolute atomic E-state index is 0.515. The van der Waals surface area contributed by atoms with Crippen LogP contribution in [0.4, 0.5) is 0 Å². The van der Waals surface area contributed by atoms with Gasteiger partial charge in [0.25, 0.3) is 0 Å². The zero-order chi connectivity index (χ0) is 9.42. The van der Waals surface area contributed by atoms with Gasteiger partial charge in [0.2, 0.25) is 0 Å². The molecule has 0 fully saturated rings. The number of hydrogen-bond acceptors (Lipinski definition) is 3. The Hall–Kier alpha value is -0.540. The Kier molecular flexibility index (Phi) is 2.30. The highest BCUT2D eigenvalue weighted by molar-refractivity contribution is 7.80.